The molecule has 20 heavy (non-hydrogen) atoms. The number of carbonyl (C=O) groups is 1. The molecule has 112 valence electrons. The van der Waals surface area contributed by atoms with Crippen molar-refractivity contribution in [2.24, 2.45) is 0 Å². The molecular weight excluding hydrogens is 256 g/mol. The summed E-state index contributed by atoms with van der Waals surface area (Å²) in [5.41, 5.74) is -0.604. The normalized spacial score (nSPS) is 17.1. The lowest BCUT2D eigenvalue weighted by Gasteiger charge is -2.26. The molecule has 0 aromatic carbocycles. The van der Waals surface area contributed by atoms with Crippen LogP contribution in [0.25, 0.3) is 0 Å². The second-order valence-corrected chi connectivity index (χ2v) is 5.13. The summed E-state index contributed by atoms with van der Waals surface area (Å²) >= 11 is 0. The zero-order valence-electron chi connectivity index (χ0n) is 12.6. The lowest BCUT2D eigenvalue weighted by molar-refractivity contribution is -0.150. The van der Waals surface area contributed by atoms with Crippen molar-refractivity contribution in [3.05, 3.63) is 5.82 Å². The maximum atomic E-state index is 12.5. The standard InChI is InChI=1S/C14H24N4O2/c1-4-15-13-17-16-11(18(13)5-2)14(9-7-8-10-14)12(19)20-6-3/h4-10H2,1-3H3,(H,15,17). The van der Waals surface area contributed by atoms with Crippen molar-refractivity contribution in [2.45, 2.75) is 58.4 Å². The number of aromatic nitrogens is 3. The summed E-state index contributed by atoms with van der Waals surface area (Å²) in [5.74, 6) is 1.34. The van der Waals surface area contributed by atoms with Crippen molar-refractivity contribution >= 4 is 11.9 Å². The van der Waals surface area contributed by atoms with Gasteiger partial charge in [0.2, 0.25) is 5.95 Å². The van der Waals surface area contributed by atoms with Gasteiger partial charge >= 0.3 is 5.97 Å². The molecule has 1 aliphatic rings. The molecule has 6 heteroatoms. The summed E-state index contributed by atoms with van der Waals surface area (Å²) in [4.78, 5) is 12.5. The average molecular weight is 280 g/mol. The summed E-state index contributed by atoms with van der Waals surface area (Å²) < 4.78 is 7.32. The Morgan fingerprint density at radius 2 is 2.00 bits per heavy atom. The Balaban J connectivity index is 2.42. The first kappa shape index (κ1) is 14.8. The van der Waals surface area contributed by atoms with E-state index in [9.17, 15) is 4.79 Å². The number of carbonyl (C=O) groups excluding carboxylic acids is 1. The van der Waals surface area contributed by atoms with E-state index in [1.54, 1.807) is 0 Å². The lowest BCUT2D eigenvalue weighted by atomic mass is 9.85. The number of rotatable bonds is 6. The van der Waals surface area contributed by atoms with E-state index in [1.807, 2.05) is 25.3 Å². The van der Waals surface area contributed by atoms with Gasteiger partial charge in [0.15, 0.2) is 5.82 Å². The lowest BCUT2D eigenvalue weighted by Crippen LogP contribution is -2.37. The SMILES string of the molecule is CCNc1nnc(C2(C(=O)OCC)CCCC2)n1CC. The van der Waals surface area contributed by atoms with E-state index in [-0.39, 0.29) is 5.97 Å². The Hall–Kier alpha value is -1.59. The largest absolute Gasteiger partial charge is 0.465 e. The molecule has 0 atom stereocenters. The smallest absolute Gasteiger partial charge is 0.319 e. The van der Waals surface area contributed by atoms with Crippen LogP contribution in [-0.2, 0) is 21.5 Å². The maximum Gasteiger partial charge on any atom is 0.319 e. The van der Waals surface area contributed by atoms with Crippen LogP contribution in [0.4, 0.5) is 5.95 Å². The fourth-order valence-corrected chi connectivity index (χ4v) is 3.01. The van der Waals surface area contributed by atoms with Crippen LogP contribution in [-0.4, -0.2) is 33.9 Å². The van der Waals surface area contributed by atoms with Crippen molar-refractivity contribution in [2.75, 3.05) is 18.5 Å². The highest BCUT2D eigenvalue weighted by molar-refractivity contribution is 5.82. The topological polar surface area (TPSA) is 69.0 Å². The molecule has 1 N–H and O–H groups in total. The number of nitrogens with one attached hydrogen (secondary N) is 1. The van der Waals surface area contributed by atoms with E-state index >= 15 is 0 Å². The van der Waals surface area contributed by atoms with Crippen LogP contribution in [0.15, 0.2) is 0 Å². The Kier molecular flexibility index (Phi) is 4.62. The molecule has 0 bridgehead atoms. The molecule has 0 saturated heterocycles. The molecule has 2 rings (SSSR count). The molecule has 0 aliphatic heterocycles. The summed E-state index contributed by atoms with van der Waals surface area (Å²) in [6.45, 7) is 7.83. The number of hydrogen-bond acceptors (Lipinski definition) is 5. The fraction of sp³-hybridized carbons (Fsp3) is 0.786. The molecule has 1 heterocycles. The van der Waals surface area contributed by atoms with E-state index in [0.29, 0.717) is 6.61 Å². The van der Waals surface area contributed by atoms with Gasteiger partial charge in [-0.05, 0) is 33.6 Å². The van der Waals surface area contributed by atoms with Gasteiger partial charge in [-0.15, -0.1) is 10.2 Å². The second-order valence-electron chi connectivity index (χ2n) is 5.13. The monoisotopic (exact) mass is 280 g/mol. The van der Waals surface area contributed by atoms with Gasteiger partial charge in [0, 0.05) is 13.1 Å². The van der Waals surface area contributed by atoms with Crippen molar-refractivity contribution in [3.63, 3.8) is 0 Å². The number of esters is 1. The third kappa shape index (κ3) is 2.39. The summed E-state index contributed by atoms with van der Waals surface area (Å²) in [5, 5.41) is 11.7. The fourth-order valence-electron chi connectivity index (χ4n) is 3.01. The molecular formula is C14H24N4O2. The summed E-state index contributed by atoms with van der Waals surface area (Å²) in [7, 11) is 0. The zero-order chi connectivity index (χ0) is 14.6. The third-order valence-corrected chi connectivity index (χ3v) is 3.95. The highest BCUT2D eigenvalue weighted by atomic mass is 16.5. The zero-order valence-corrected chi connectivity index (χ0v) is 12.6. The van der Waals surface area contributed by atoms with Gasteiger partial charge in [-0.3, -0.25) is 9.36 Å². The number of hydrogen-bond donors (Lipinski definition) is 1. The molecule has 1 saturated carbocycles. The first-order valence-electron chi connectivity index (χ1n) is 7.54. The summed E-state index contributed by atoms with van der Waals surface area (Å²) in [6, 6.07) is 0. The van der Waals surface area contributed by atoms with Crippen molar-refractivity contribution in [1.29, 1.82) is 0 Å². The van der Waals surface area contributed by atoms with Gasteiger partial charge in [0.25, 0.3) is 0 Å². The van der Waals surface area contributed by atoms with Gasteiger partial charge < -0.3 is 10.1 Å². The van der Waals surface area contributed by atoms with Crippen molar-refractivity contribution in [1.82, 2.24) is 14.8 Å². The predicted octanol–water partition coefficient (Wildman–Crippen LogP) is 2.10. The van der Waals surface area contributed by atoms with E-state index in [0.717, 1.165) is 50.5 Å². The minimum atomic E-state index is -0.604. The molecule has 1 aromatic rings. The minimum absolute atomic E-state index is 0.150. The van der Waals surface area contributed by atoms with Gasteiger partial charge in [0.1, 0.15) is 5.41 Å². The molecule has 1 fully saturated rings. The van der Waals surface area contributed by atoms with E-state index in [4.69, 9.17) is 4.74 Å². The summed E-state index contributed by atoms with van der Waals surface area (Å²) in [6.07, 6.45) is 3.67. The van der Waals surface area contributed by atoms with Crippen LogP contribution in [0, 0.1) is 0 Å². The van der Waals surface area contributed by atoms with E-state index in [2.05, 4.69) is 15.5 Å². The van der Waals surface area contributed by atoms with Crippen LogP contribution in [0.1, 0.15) is 52.3 Å². The van der Waals surface area contributed by atoms with E-state index in [1.165, 1.54) is 0 Å². The maximum absolute atomic E-state index is 12.5. The Bertz CT molecular complexity index is 464. The van der Waals surface area contributed by atoms with Crippen LogP contribution in [0.3, 0.4) is 0 Å². The van der Waals surface area contributed by atoms with E-state index < -0.39 is 5.41 Å². The quantitative estimate of drug-likeness (QED) is 0.808. The average Bonchev–Trinajstić information content (AvgIpc) is 3.06. The van der Waals surface area contributed by atoms with Gasteiger partial charge in [-0.25, -0.2) is 0 Å². The van der Waals surface area contributed by atoms with Crippen LogP contribution in [0.2, 0.25) is 0 Å². The second kappa shape index (κ2) is 6.24. The van der Waals surface area contributed by atoms with Gasteiger partial charge in [0.05, 0.1) is 6.61 Å². The molecule has 0 radical (unpaired) electrons. The molecule has 0 unspecified atom stereocenters. The van der Waals surface area contributed by atoms with Crippen LogP contribution < -0.4 is 5.32 Å². The Labute approximate surface area is 119 Å². The molecule has 6 nitrogen and oxygen atoms in total. The van der Waals surface area contributed by atoms with Gasteiger partial charge in [-0.1, -0.05) is 12.8 Å². The molecule has 0 spiro atoms. The Morgan fingerprint density at radius 1 is 1.30 bits per heavy atom. The first-order chi connectivity index (χ1) is 9.69. The molecule has 0 amide bonds. The van der Waals surface area contributed by atoms with Crippen LogP contribution >= 0.6 is 0 Å². The highest BCUT2D eigenvalue weighted by Crippen LogP contribution is 2.42. The number of ether oxygens (including phenoxy) is 1. The number of anilines is 1. The van der Waals surface area contributed by atoms with Crippen LogP contribution in [0.5, 0.6) is 0 Å². The predicted molar refractivity (Wildman–Crippen MR) is 76.6 cm³/mol. The van der Waals surface area contributed by atoms with Crippen molar-refractivity contribution < 1.29 is 9.53 Å². The highest BCUT2D eigenvalue weighted by Gasteiger charge is 2.48. The first-order valence-corrected chi connectivity index (χ1v) is 7.54. The third-order valence-electron chi connectivity index (χ3n) is 3.95. The Morgan fingerprint density at radius 3 is 2.55 bits per heavy atom. The number of nitrogens with zero attached hydrogens (tertiary/aromatic N) is 3. The van der Waals surface area contributed by atoms with Gasteiger partial charge in [-0.2, -0.15) is 0 Å². The molecule has 1 aliphatic carbocycles. The van der Waals surface area contributed by atoms with Crippen molar-refractivity contribution in [3.8, 4) is 0 Å². The molecule has 1 aromatic heterocycles. The minimum Gasteiger partial charge on any atom is -0.465 e.